The molecule has 5 rings (SSSR count). The van der Waals surface area contributed by atoms with Crippen molar-refractivity contribution in [2.45, 2.75) is 34.5 Å². The molecular formula is C19H16N6OS4. The summed E-state index contributed by atoms with van der Waals surface area (Å²) in [7, 11) is 0. The fourth-order valence-corrected chi connectivity index (χ4v) is 6.35. The van der Waals surface area contributed by atoms with Crippen LogP contribution in [-0.2, 0) is 18.1 Å². The summed E-state index contributed by atoms with van der Waals surface area (Å²) in [5.74, 6) is 3.44. The zero-order valence-electron chi connectivity index (χ0n) is 15.9. The lowest BCUT2D eigenvalue weighted by atomic mass is 10.3. The number of fused-ring (bicyclic) bond motifs is 1. The van der Waals surface area contributed by atoms with E-state index in [0.29, 0.717) is 17.5 Å². The Morgan fingerprint density at radius 1 is 1.03 bits per heavy atom. The molecule has 0 amide bonds. The molecule has 1 aromatic carbocycles. The molecule has 0 saturated carbocycles. The molecule has 4 heterocycles. The van der Waals surface area contributed by atoms with Crippen molar-refractivity contribution in [3.05, 3.63) is 53.5 Å². The van der Waals surface area contributed by atoms with Crippen molar-refractivity contribution in [1.29, 1.82) is 0 Å². The Bertz CT molecular complexity index is 1230. The van der Waals surface area contributed by atoms with Crippen LogP contribution in [0.2, 0.25) is 0 Å². The van der Waals surface area contributed by atoms with Crippen LogP contribution in [0.15, 0.2) is 55.8 Å². The zero-order chi connectivity index (χ0) is 20.3. The minimum absolute atomic E-state index is 0.557. The van der Waals surface area contributed by atoms with E-state index < -0.39 is 0 Å². The molecule has 0 unspecified atom stereocenters. The molecule has 0 atom stereocenters. The van der Waals surface area contributed by atoms with Crippen molar-refractivity contribution in [2.75, 3.05) is 0 Å². The SMILES string of the molecule is CCn1c(CSc2nc3ccccc3s2)nnc1SCc1nc(-c2cccs2)no1. The third kappa shape index (κ3) is 4.15. The summed E-state index contributed by atoms with van der Waals surface area (Å²) in [6.07, 6.45) is 0. The number of thioether (sulfide) groups is 2. The summed E-state index contributed by atoms with van der Waals surface area (Å²) in [6.45, 7) is 2.90. The van der Waals surface area contributed by atoms with Gasteiger partial charge in [0.15, 0.2) is 9.50 Å². The molecule has 0 radical (unpaired) electrons. The molecule has 11 heteroatoms. The van der Waals surface area contributed by atoms with Gasteiger partial charge in [-0.05, 0) is 30.5 Å². The van der Waals surface area contributed by atoms with Crippen LogP contribution in [0.25, 0.3) is 20.9 Å². The number of para-hydroxylation sites is 1. The molecule has 152 valence electrons. The van der Waals surface area contributed by atoms with Gasteiger partial charge < -0.3 is 9.09 Å². The normalized spacial score (nSPS) is 11.5. The highest BCUT2D eigenvalue weighted by Gasteiger charge is 2.15. The highest BCUT2D eigenvalue weighted by atomic mass is 32.2. The van der Waals surface area contributed by atoms with Crippen LogP contribution < -0.4 is 0 Å². The van der Waals surface area contributed by atoms with Gasteiger partial charge in [0.2, 0.25) is 11.7 Å². The first-order chi connectivity index (χ1) is 14.8. The average molecular weight is 473 g/mol. The number of nitrogens with zero attached hydrogens (tertiary/aromatic N) is 6. The lowest BCUT2D eigenvalue weighted by Crippen LogP contribution is -2.02. The number of aromatic nitrogens is 6. The Morgan fingerprint density at radius 3 is 2.80 bits per heavy atom. The molecule has 0 saturated heterocycles. The number of thiophene rings is 1. The zero-order valence-corrected chi connectivity index (χ0v) is 19.2. The summed E-state index contributed by atoms with van der Waals surface area (Å²) in [5, 5.41) is 15.7. The maximum Gasteiger partial charge on any atom is 0.237 e. The fourth-order valence-electron chi connectivity index (χ4n) is 2.83. The van der Waals surface area contributed by atoms with Gasteiger partial charge in [-0.3, -0.25) is 0 Å². The van der Waals surface area contributed by atoms with Crippen LogP contribution in [0.4, 0.5) is 0 Å². The van der Waals surface area contributed by atoms with Crippen molar-refractivity contribution < 1.29 is 4.52 Å². The highest BCUT2D eigenvalue weighted by molar-refractivity contribution is 8.00. The molecule has 0 bridgehead atoms. The van der Waals surface area contributed by atoms with Gasteiger partial charge >= 0.3 is 0 Å². The van der Waals surface area contributed by atoms with Crippen LogP contribution in [0, 0.1) is 0 Å². The van der Waals surface area contributed by atoms with Gasteiger partial charge in [-0.1, -0.05) is 46.9 Å². The molecule has 0 aliphatic heterocycles. The highest BCUT2D eigenvalue weighted by Crippen LogP contribution is 2.32. The summed E-state index contributed by atoms with van der Waals surface area (Å²) in [5.41, 5.74) is 1.04. The maximum absolute atomic E-state index is 5.38. The van der Waals surface area contributed by atoms with Crippen molar-refractivity contribution >= 4 is 56.4 Å². The third-order valence-corrected chi connectivity index (χ3v) is 8.24. The second-order valence-electron chi connectivity index (χ2n) is 6.16. The Kier molecular flexibility index (Phi) is 5.84. The van der Waals surface area contributed by atoms with Crippen LogP contribution in [-0.4, -0.2) is 29.9 Å². The Balaban J connectivity index is 1.24. The third-order valence-electron chi connectivity index (χ3n) is 4.24. The van der Waals surface area contributed by atoms with Gasteiger partial charge in [-0.15, -0.1) is 32.9 Å². The first kappa shape index (κ1) is 19.7. The fraction of sp³-hybridized carbons (Fsp3) is 0.211. The van der Waals surface area contributed by atoms with E-state index in [-0.39, 0.29) is 0 Å². The van der Waals surface area contributed by atoms with Crippen molar-refractivity contribution in [3.8, 4) is 10.7 Å². The van der Waals surface area contributed by atoms with Gasteiger partial charge in [0.25, 0.3) is 0 Å². The Hall–Kier alpha value is -2.21. The molecule has 0 aliphatic rings. The van der Waals surface area contributed by atoms with E-state index in [1.54, 1.807) is 46.2 Å². The number of thiazole rings is 1. The lowest BCUT2D eigenvalue weighted by molar-refractivity contribution is 0.391. The molecule has 0 fully saturated rings. The second kappa shape index (κ2) is 8.88. The van der Waals surface area contributed by atoms with Crippen molar-refractivity contribution in [3.63, 3.8) is 0 Å². The smallest absolute Gasteiger partial charge is 0.237 e. The number of benzene rings is 1. The van der Waals surface area contributed by atoms with Gasteiger partial charge in [0.1, 0.15) is 5.82 Å². The van der Waals surface area contributed by atoms with E-state index in [0.717, 1.165) is 38.0 Å². The molecule has 4 aromatic heterocycles. The van der Waals surface area contributed by atoms with E-state index in [9.17, 15) is 0 Å². The van der Waals surface area contributed by atoms with E-state index in [4.69, 9.17) is 4.52 Å². The van der Waals surface area contributed by atoms with Gasteiger partial charge in [0.05, 0.1) is 26.6 Å². The largest absolute Gasteiger partial charge is 0.338 e. The molecule has 0 spiro atoms. The Morgan fingerprint density at radius 2 is 1.97 bits per heavy atom. The number of hydrogen-bond donors (Lipinski definition) is 0. The van der Waals surface area contributed by atoms with Crippen LogP contribution in [0.5, 0.6) is 0 Å². The predicted octanol–water partition coefficient (Wildman–Crippen LogP) is 5.60. The number of rotatable bonds is 8. The monoisotopic (exact) mass is 472 g/mol. The van der Waals surface area contributed by atoms with E-state index in [2.05, 4.69) is 42.9 Å². The van der Waals surface area contributed by atoms with Crippen LogP contribution >= 0.6 is 46.2 Å². The summed E-state index contributed by atoms with van der Waals surface area (Å²) >= 11 is 6.55. The van der Waals surface area contributed by atoms with E-state index in [1.165, 1.54) is 4.70 Å². The Labute approximate surface area is 189 Å². The number of hydrogen-bond acceptors (Lipinski definition) is 10. The van der Waals surface area contributed by atoms with Crippen molar-refractivity contribution in [2.24, 2.45) is 0 Å². The van der Waals surface area contributed by atoms with E-state index >= 15 is 0 Å². The standard InChI is InChI=1S/C19H16N6OS4/c1-2-25-15(10-29-19-20-12-6-3-4-7-13(12)30-19)22-23-18(25)28-11-16-21-17(24-26-16)14-8-5-9-27-14/h3-9H,2,10-11H2,1H3. The molecular weight excluding hydrogens is 457 g/mol. The lowest BCUT2D eigenvalue weighted by Gasteiger charge is -2.05. The minimum Gasteiger partial charge on any atom is -0.338 e. The summed E-state index contributed by atoms with van der Waals surface area (Å²) in [4.78, 5) is 10.2. The van der Waals surface area contributed by atoms with Gasteiger partial charge in [-0.2, -0.15) is 4.98 Å². The molecule has 0 aliphatic carbocycles. The first-order valence-electron chi connectivity index (χ1n) is 9.20. The van der Waals surface area contributed by atoms with Crippen molar-refractivity contribution in [1.82, 2.24) is 29.9 Å². The first-order valence-corrected chi connectivity index (χ1v) is 12.9. The minimum atomic E-state index is 0.557. The van der Waals surface area contributed by atoms with Crippen LogP contribution in [0.1, 0.15) is 18.6 Å². The maximum atomic E-state index is 5.38. The predicted molar refractivity (Wildman–Crippen MR) is 122 cm³/mol. The molecule has 30 heavy (non-hydrogen) atoms. The molecule has 0 N–H and O–H groups in total. The van der Waals surface area contributed by atoms with E-state index in [1.807, 2.05) is 35.7 Å². The molecule has 5 aromatic rings. The van der Waals surface area contributed by atoms with Crippen LogP contribution in [0.3, 0.4) is 0 Å². The molecule has 7 nitrogen and oxygen atoms in total. The average Bonchev–Trinajstić information content (AvgIpc) is 3.56. The summed E-state index contributed by atoms with van der Waals surface area (Å²) in [6, 6.07) is 12.2. The second-order valence-corrected chi connectivity index (χ2v) is 10.3. The van der Waals surface area contributed by atoms with Gasteiger partial charge in [-0.25, -0.2) is 4.98 Å². The topological polar surface area (TPSA) is 82.5 Å². The van der Waals surface area contributed by atoms with Gasteiger partial charge in [0, 0.05) is 6.54 Å². The quantitative estimate of drug-likeness (QED) is 0.270. The summed E-state index contributed by atoms with van der Waals surface area (Å²) < 4.78 is 9.76.